The Morgan fingerprint density at radius 2 is 2.09 bits per heavy atom. The number of phenols is 1. The van der Waals surface area contributed by atoms with Crippen LogP contribution >= 0.6 is 11.6 Å². The van der Waals surface area contributed by atoms with Crippen LogP contribution < -0.4 is 4.90 Å². The van der Waals surface area contributed by atoms with E-state index in [0.717, 1.165) is 18.4 Å². The van der Waals surface area contributed by atoms with Crippen LogP contribution in [0.4, 0.5) is 11.4 Å². The van der Waals surface area contributed by atoms with Gasteiger partial charge in [-0.1, -0.05) is 23.7 Å². The fraction of sp³-hybridized carbons (Fsp3) is 0.188. The van der Waals surface area contributed by atoms with Gasteiger partial charge in [0, 0.05) is 18.7 Å². The number of hydrogen-bond acceptors (Lipinski definition) is 4. The van der Waals surface area contributed by atoms with Gasteiger partial charge in [0.15, 0.2) is 0 Å². The molecule has 0 bridgehead atoms. The Bertz CT molecular complexity index is 807. The number of rotatable bonds is 2. The summed E-state index contributed by atoms with van der Waals surface area (Å²) in [6.45, 7) is 0.419. The van der Waals surface area contributed by atoms with Crippen LogP contribution in [-0.2, 0) is 6.42 Å². The third-order valence-electron chi connectivity index (χ3n) is 3.83. The average molecular weight is 333 g/mol. The highest BCUT2D eigenvalue weighted by Gasteiger charge is 2.28. The molecule has 1 amide bonds. The highest BCUT2D eigenvalue weighted by molar-refractivity contribution is 6.34. The SMILES string of the molecule is O=C(c1cc([N+](=O)[O-])ccc1Cl)N1CCCc2cccc(O)c21. The van der Waals surface area contributed by atoms with Crippen LogP contribution in [0.2, 0.25) is 5.02 Å². The molecule has 0 radical (unpaired) electrons. The summed E-state index contributed by atoms with van der Waals surface area (Å²) in [5.74, 6) is -0.446. The second-order valence-electron chi connectivity index (χ2n) is 5.27. The lowest BCUT2D eigenvalue weighted by Crippen LogP contribution is -2.35. The number of aromatic hydroxyl groups is 1. The smallest absolute Gasteiger partial charge is 0.270 e. The standard InChI is InChI=1S/C16H13ClN2O4/c17-13-7-6-11(19(22)23)9-12(13)16(21)18-8-2-4-10-3-1-5-14(20)15(10)18/h1,3,5-7,9,20H,2,4,8H2. The van der Waals surface area contributed by atoms with E-state index in [1.807, 2.05) is 6.07 Å². The number of carbonyl (C=O) groups is 1. The Morgan fingerprint density at radius 3 is 2.83 bits per heavy atom. The van der Waals surface area contributed by atoms with Gasteiger partial charge in [0.2, 0.25) is 0 Å². The zero-order chi connectivity index (χ0) is 16.6. The number of non-ortho nitro benzene ring substituents is 1. The molecular weight excluding hydrogens is 320 g/mol. The maximum Gasteiger partial charge on any atom is 0.270 e. The lowest BCUT2D eigenvalue weighted by Gasteiger charge is -2.30. The van der Waals surface area contributed by atoms with Crippen molar-refractivity contribution in [3.8, 4) is 5.75 Å². The van der Waals surface area contributed by atoms with Crippen LogP contribution in [0.5, 0.6) is 5.75 Å². The molecule has 3 rings (SSSR count). The topological polar surface area (TPSA) is 83.7 Å². The van der Waals surface area contributed by atoms with E-state index in [0.29, 0.717) is 12.2 Å². The summed E-state index contributed by atoms with van der Waals surface area (Å²) in [6, 6.07) is 8.84. The third-order valence-corrected chi connectivity index (χ3v) is 4.16. The first kappa shape index (κ1) is 15.3. The van der Waals surface area contributed by atoms with Crippen molar-refractivity contribution in [2.75, 3.05) is 11.4 Å². The van der Waals surface area contributed by atoms with Crippen LogP contribution in [0.1, 0.15) is 22.3 Å². The third kappa shape index (κ3) is 2.73. The molecule has 1 N–H and O–H groups in total. The number of halogens is 1. The summed E-state index contributed by atoms with van der Waals surface area (Å²) in [5.41, 5.74) is 1.17. The molecule has 1 aliphatic rings. The number of phenolic OH excluding ortho intramolecular Hbond substituents is 1. The molecule has 1 heterocycles. The zero-order valence-electron chi connectivity index (χ0n) is 12.0. The number of benzene rings is 2. The maximum atomic E-state index is 12.8. The Kier molecular flexibility index (Phi) is 3.92. The molecular formula is C16H13ClN2O4. The van der Waals surface area contributed by atoms with Crippen LogP contribution in [0.25, 0.3) is 0 Å². The van der Waals surface area contributed by atoms with Gasteiger partial charge < -0.3 is 10.0 Å². The van der Waals surface area contributed by atoms with Gasteiger partial charge >= 0.3 is 0 Å². The second kappa shape index (κ2) is 5.89. The van der Waals surface area contributed by atoms with Gasteiger partial charge in [0.1, 0.15) is 5.75 Å². The predicted molar refractivity (Wildman–Crippen MR) is 86.2 cm³/mol. The Labute approximate surface area is 137 Å². The van der Waals surface area contributed by atoms with Crippen LogP contribution in [0, 0.1) is 10.1 Å². The number of aryl methyl sites for hydroxylation is 1. The number of hydrogen-bond donors (Lipinski definition) is 1. The predicted octanol–water partition coefficient (Wildman–Crippen LogP) is 3.55. The largest absolute Gasteiger partial charge is 0.506 e. The molecule has 1 aliphatic heterocycles. The minimum Gasteiger partial charge on any atom is -0.506 e. The van der Waals surface area contributed by atoms with Crippen molar-refractivity contribution >= 4 is 28.9 Å². The van der Waals surface area contributed by atoms with Crippen molar-refractivity contribution in [1.82, 2.24) is 0 Å². The lowest BCUT2D eigenvalue weighted by atomic mass is 10.00. The van der Waals surface area contributed by atoms with E-state index in [4.69, 9.17) is 11.6 Å². The number of amides is 1. The minimum atomic E-state index is -0.575. The number of anilines is 1. The van der Waals surface area contributed by atoms with Gasteiger partial charge in [-0.15, -0.1) is 0 Å². The highest BCUT2D eigenvalue weighted by Crippen LogP contribution is 2.37. The van der Waals surface area contributed by atoms with Crippen LogP contribution in [0.15, 0.2) is 36.4 Å². The Morgan fingerprint density at radius 1 is 1.30 bits per heavy atom. The quantitative estimate of drug-likeness (QED) is 0.673. The monoisotopic (exact) mass is 332 g/mol. The normalized spacial score (nSPS) is 13.5. The molecule has 0 unspecified atom stereocenters. The minimum absolute atomic E-state index is 0.0112. The van der Waals surface area contributed by atoms with Crippen molar-refractivity contribution in [2.45, 2.75) is 12.8 Å². The van der Waals surface area contributed by atoms with Crippen molar-refractivity contribution < 1.29 is 14.8 Å². The molecule has 118 valence electrons. The van der Waals surface area contributed by atoms with E-state index >= 15 is 0 Å². The van der Waals surface area contributed by atoms with Crippen molar-refractivity contribution in [2.24, 2.45) is 0 Å². The molecule has 0 aliphatic carbocycles. The fourth-order valence-corrected chi connectivity index (χ4v) is 2.97. The van der Waals surface area contributed by atoms with E-state index < -0.39 is 10.8 Å². The molecule has 0 spiro atoms. The zero-order valence-corrected chi connectivity index (χ0v) is 12.8. The summed E-state index contributed by atoms with van der Waals surface area (Å²) in [6.07, 6.45) is 1.50. The number of para-hydroxylation sites is 1. The van der Waals surface area contributed by atoms with Gasteiger partial charge in [0.25, 0.3) is 11.6 Å². The van der Waals surface area contributed by atoms with Crippen molar-refractivity contribution in [1.29, 1.82) is 0 Å². The molecule has 0 aromatic heterocycles. The fourth-order valence-electron chi connectivity index (χ4n) is 2.77. The lowest BCUT2D eigenvalue weighted by molar-refractivity contribution is -0.384. The first-order valence-electron chi connectivity index (χ1n) is 7.05. The molecule has 2 aromatic carbocycles. The first-order valence-corrected chi connectivity index (χ1v) is 7.43. The van der Waals surface area contributed by atoms with E-state index in [2.05, 4.69) is 0 Å². The molecule has 0 fully saturated rings. The van der Waals surface area contributed by atoms with Gasteiger partial charge in [-0.2, -0.15) is 0 Å². The summed E-state index contributed by atoms with van der Waals surface area (Å²) in [5, 5.41) is 21.2. The number of fused-ring (bicyclic) bond motifs is 1. The summed E-state index contributed by atoms with van der Waals surface area (Å²) >= 11 is 6.05. The molecule has 0 atom stereocenters. The van der Waals surface area contributed by atoms with Crippen molar-refractivity contribution in [3.05, 3.63) is 62.7 Å². The molecule has 0 saturated heterocycles. The van der Waals surface area contributed by atoms with E-state index in [9.17, 15) is 20.0 Å². The number of nitrogens with zero attached hydrogens (tertiary/aromatic N) is 2. The van der Waals surface area contributed by atoms with Crippen LogP contribution in [0.3, 0.4) is 0 Å². The molecule has 2 aromatic rings. The number of nitro benzene ring substituents is 1. The van der Waals surface area contributed by atoms with Gasteiger partial charge in [-0.25, -0.2) is 0 Å². The number of carbonyl (C=O) groups excluding carboxylic acids is 1. The maximum absolute atomic E-state index is 12.8. The van der Waals surface area contributed by atoms with Gasteiger partial charge in [-0.05, 0) is 30.5 Å². The second-order valence-corrected chi connectivity index (χ2v) is 5.67. The van der Waals surface area contributed by atoms with Crippen molar-refractivity contribution in [3.63, 3.8) is 0 Å². The van der Waals surface area contributed by atoms with E-state index in [-0.39, 0.29) is 22.0 Å². The Balaban J connectivity index is 2.06. The molecule has 23 heavy (non-hydrogen) atoms. The molecule has 6 nitrogen and oxygen atoms in total. The van der Waals surface area contributed by atoms with Gasteiger partial charge in [0.05, 0.1) is 21.2 Å². The van der Waals surface area contributed by atoms with Gasteiger partial charge in [-0.3, -0.25) is 14.9 Å². The first-order chi connectivity index (χ1) is 11.0. The summed E-state index contributed by atoms with van der Waals surface area (Å²) in [4.78, 5) is 24.6. The highest BCUT2D eigenvalue weighted by atomic mass is 35.5. The number of nitro groups is 1. The van der Waals surface area contributed by atoms with E-state index in [1.165, 1.54) is 29.2 Å². The molecule has 0 saturated carbocycles. The summed E-state index contributed by atoms with van der Waals surface area (Å²) in [7, 11) is 0. The van der Waals surface area contributed by atoms with Crippen LogP contribution in [-0.4, -0.2) is 22.5 Å². The summed E-state index contributed by atoms with van der Waals surface area (Å²) < 4.78 is 0. The average Bonchev–Trinajstić information content (AvgIpc) is 2.54. The molecule has 7 heteroatoms. The Hall–Kier alpha value is -2.60. The van der Waals surface area contributed by atoms with E-state index in [1.54, 1.807) is 6.07 Å².